The summed E-state index contributed by atoms with van der Waals surface area (Å²) >= 11 is 7.53. The van der Waals surface area contributed by atoms with Gasteiger partial charge in [-0.2, -0.15) is 0 Å². The minimum atomic E-state index is 0.0700. The Bertz CT molecular complexity index is 284. The summed E-state index contributed by atoms with van der Waals surface area (Å²) in [5.74, 6) is 0.615. The van der Waals surface area contributed by atoms with Gasteiger partial charge in [0.25, 0.3) is 0 Å². The molecule has 0 spiro atoms. The van der Waals surface area contributed by atoms with Gasteiger partial charge in [0.05, 0.1) is 0 Å². The Kier molecular flexibility index (Phi) is 5.51. The number of hydrogen-bond acceptors (Lipinski definition) is 2. The van der Waals surface area contributed by atoms with E-state index in [9.17, 15) is 0 Å². The molecule has 0 aliphatic rings. The molecule has 0 saturated heterocycles. The second-order valence-electron chi connectivity index (χ2n) is 3.82. The van der Waals surface area contributed by atoms with E-state index in [4.69, 9.17) is 17.3 Å². The standard InChI is InChI=1S/C12H18ClNS/c1-9(2)15-11-5-3-10(4-6-11)12(14)7-8-13/h3-6,9,12H,7-8,14H2,1-2H3. The number of halogens is 1. The summed E-state index contributed by atoms with van der Waals surface area (Å²) in [6.07, 6.45) is 0.832. The average molecular weight is 244 g/mol. The summed E-state index contributed by atoms with van der Waals surface area (Å²) in [5.41, 5.74) is 7.14. The average Bonchev–Trinajstić information content (AvgIpc) is 2.18. The molecule has 0 heterocycles. The van der Waals surface area contributed by atoms with Crippen molar-refractivity contribution < 1.29 is 0 Å². The maximum atomic E-state index is 5.97. The van der Waals surface area contributed by atoms with Crippen molar-refractivity contribution in [3.63, 3.8) is 0 Å². The van der Waals surface area contributed by atoms with Gasteiger partial charge in [0.2, 0.25) is 0 Å². The van der Waals surface area contributed by atoms with Crippen LogP contribution in [0.4, 0.5) is 0 Å². The van der Waals surface area contributed by atoms with Gasteiger partial charge in [-0.3, -0.25) is 0 Å². The Morgan fingerprint density at radius 1 is 1.27 bits per heavy atom. The fourth-order valence-corrected chi connectivity index (χ4v) is 2.42. The third-order valence-electron chi connectivity index (χ3n) is 2.10. The van der Waals surface area contributed by atoms with Gasteiger partial charge >= 0.3 is 0 Å². The molecule has 0 fully saturated rings. The van der Waals surface area contributed by atoms with Crippen molar-refractivity contribution in [1.82, 2.24) is 0 Å². The highest BCUT2D eigenvalue weighted by Crippen LogP contribution is 2.24. The lowest BCUT2D eigenvalue weighted by Gasteiger charge is -2.11. The smallest absolute Gasteiger partial charge is 0.0306 e. The summed E-state index contributed by atoms with van der Waals surface area (Å²) in [6, 6.07) is 8.53. The maximum absolute atomic E-state index is 5.97. The van der Waals surface area contributed by atoms with Crippen molar-refractivity contribution >= 4 is 23.4 Å². The van der Waals surface area contributed by atoms with Gasteiger partial charge < -0.3 is 5.73 Å². The number of rotatable bonds is 5. The Labute approximate surface area is 101 Å². The first-order valence-corrected chi connectivity index (χ1v) is 6.63. The zero-order valence-corrected chi connectivity index (χ0v) is 10.8. The molecule has 0 amide bonds. The van der Waals surface area contributed by atoms with E-state index in [-0.39, 0.29) is 6.04 Å². The highest BCUT2D eigenvalue weighted by Gasteiger charge is 2.05. The van der Waals surface area contributed by atoms with Gasteiger partial charge in [-0.15, -0.1) is 23.4 Å². The lowest BCUT2D eigenvalue weighted by atomic mass is 10.1. The quantitative estimate of drug-likeness (QED) is 0.629. The molecule has 0 bridgehead atoms. The van der Waals surface area contributed by atoms with E-state index in [1.807, 2.05) is 11.8 Å². The lowest BCUT2D eigenvalue weighted by molar-refractivity contribution is 0.702. The van der Waals surface area contributed by atoms with Crippen LogP contribution in [0.2, 0.25) is 0 Å². The normalized spacial score (nSPS) is 13.1. The molecule has 0 aromatic heterocycles. The van der Waals surface area contributed by atoms with E-state index in [1.54, 1.807) is 0 Å². The predicted molar refractivity (Wildman–Crippen MR) is 69.7 cm³/mol. The molecule has 1 atom stereocenters. The number of thioether (sulfide) groups is 1. The van der Waals surface area contributed by atoms with Gasteiger partial charge in [0.1, 0.15) is 0 Å². The van der Waals surface area contributed by atoms with Crippen LogP contribution < -0.4 is 5.73 Å². The largest absolute Gasteiger partial charge is 0.324 e. The topological polar surface area (TPSA) is 26.0 Å². The highest BCUT2D eigenvalue weighted by molar-refractivity contribution is 7.99. The highest BCUT2D eigenvalue weighted by atomic mass is 35.5. The van der Waals surface area contributed by atoms with Gasteiger partial charge in [-0.05, 0) is 24.1 Å². The van der Waals surface area contributed by atoms with Crippen molar-refractivity contribution in [2.45, 2.75) is 36.5 Å². The fourth-order valence-electron chi connectivity index (χ4n) is 1.35. The van der Waals surface area contributed by atoms with Crippen molar-refractivity contribution in [3.8, 4) is 0 Å². The van der Waals surface area contributed by atoms with Crippen molar-refractivity contribution in [2.24, 2.45) is 5.73 Å². The van der Waals surface area contributed by atoms with Crippen LogP contribution >= 0.6 is 23.4 Å². The molecule has 3 heteroatoms. The maximum Gasteiger partial charge on any atom is 0.0306 e. The number of hydrogen-bond donors (Lipinski definition) is 1. The van der Waals surface area contributed by atoms with Crippen molar-refractivity contribution in [3.05, 3.63) is 29.8 Å². The monoisotopic (exact) mass is 243 g/mol. The SMILES string of the molecule is CC(C)Sc1ccc(C(N)CCCl)cc1. The Morgan fingerprint density at radius 3 is 2.33 bits per heavy atom. The van der Waals surface area contributed by atoms with Crippen molar-refractivity contribution in [2.75, 3.05) is 5.88 Å². The van der Waals surface area contributed by atoms with Crippen LogP contribution in [-0.4, -0.2) is 11.1 Å². The van der Waals surface area contributed by atoms with Crippen LogP contribution in [0.25, 0.3) is 0 Å². The van der Waals surface area contributed by atoms with E-state index >= 15 is 0 Å². The summed E-state index contributed by atoms with van der Waals surface area (Å²) < 4.78 is 0. The van der Waals surface area contributed by atoms with Gasteiger partial charge in [-0.25, -0.2) is 0 Å². The summed E-state index contributed by atoms with van der Waals surface area (Å²) in [4.78, 5) is 1.30. The molecule has 15 heavy (non-hydrogen) atoms. The molecule has 1 aromatic carbocycles. The third kappa shape index (κ3) is 4.45. The molecule has 1 rings (SSSR count). The lowest BCUT2D eigenvalue weighted by Crippen LogP contribution is -2.10. The predicted octanol–water partition coefficient (Wildman–Crippen LogP) is 3.82. The molecule has 0 aliphatic heterocycles. The molecular formula is C12H18ClNS. The molecular weight excluding hydrogens is 226 g/mol. The van der Waals surface area contributed by atoms with E-state index in [0.29, 0.717) is 11.1 Å². The molecule has 2 N–H and O–H groups in total. The van der Waals surface area contributed by atoms with E-state index < -0.39 is 0 Å². The minimum Gasteiger partial charge on any atom is -0.324 e. The number of nitrogens with two attached hydrogens (primary N) is 1. The van der Waals surface area contributed by atoms with Crippen LogP contribution in [0, 0.1) is 0 Å². The first-order valence-electron chi connectivity index (χ1n) is 5.21. The number of alkyl halides is 1. The van der Waals surface area contributed by atoms with Crippen LogP contribution in [0.3, 0.4) is 0 Å². The van der Waals surface area contributed by atoms with Crippen LogP contribution in [0.15, 0.2) is 29.2 Å². The summed E-state index contributed by atoms with van der Waals surface area (Å²) in [7, 11) is 0. The van der Waals surface area contributed by atoms with Crippen LogP contribution in [0.5, 0.6) is 0 Å². The molecule has 84 valence electrons. The van der Waals surface area contributed by atoms with Gasteiger partial charge in [0.15, 0.2) is 0 Å². The second kappa shape index (κ2) is 6.41. The summed E-state index contributed by atoms with van der Waals surface area (Å²) in [6.45, 7) is 4.38. The number of benzene rings is 1. The Hall–Kier alpha value is -0.180. The second-order valence-corrected chi connectivity index (χ2v) is 5.85. The first-order chi connectivity index (χ1) is 7.13. The van der Waals surface area contributed by atoms with E-state index in [2.05, 4.69) is 38.1 Å². The van der Waals surface area contributed by atoms with E-state index in [0.717, 1.165) is 6.42 Å². The Morgan fingerprint density at radius 2 is 1.87 bits per heavy atom. The molecule has 1 aromatic rings. The van der Waals surface area contributed by atoms with Gasteiger partial charge in [0, 0.05) is 22.1 Å². The first kappa shape index (κ1) is 12.9. The summed E-state index contributed by atoms with van der Waals surface area (Å²) in [5, 5.41) is 0.618. The molecule has 0 radical (unpaired) electrons. The fraction of sp³-hybridized carbons (Fsp3) is 0.500. The van der Waals surface area contributed by atoms with Crippen molar-refractivity contribution in [1.29, 1.82) is 0 Å². The minimum absolute atomic E-state index is 0.0700. The zero-order valence-electron chi connectivity index (χ0n) is 9.24. The van der Waals surface area contributed by atoms with Crippen LogP contribution in [-0.2, 0) is 0 Å². The van der Waals surface area contributed by atoms with E-state index in [1.165, 1.54) is 10.5 Å². The van der Waals surface area contributed by atoms with Crippen LogP contribution in [0.1, 0.15) is 31.9 Å². The zero-order chi connectivity index (χ0) is 11.3. The third-order valence-corrected chi connectivity index (χ3v) is 3.33. The molecule has 1 unspecified atom stereocenters. The Balaban J connectivity index is 2.63. The molecule has 0 saturated carbocycles. The molecule has 1 nitrogen and oxygen atoms in total. The van der Waals surface area contributed by atoms with Gasteiger partial charge in [-0.1, -0.05) is 26.0 Å². The molecule has 0 aliphatic carbocycles.